The van der Waals surface area contributed by atoms with Crippen LogP contribution >= 0.6 is 0 Å². The second kappa shape index (κ2) is 7.59. The Morgan fingerprint density at radius 3 is 2.53 bits per heavy atom. The third-order valence-corrected chi connectivity index (χ3v) is 6.24. The lowest BCUT2D eigenvalue weighted by molar-refractivity contribution is -0.122. The number of hydrogen-bond acceptors (Lipinski definition) is 4. The van der Waals surface area contributed by atoms with Crippen molar-refractivity contribution >= 4 is 22.9 Å². The number of nitrogens with one attached hydrogen (secondary N) is 1. The zero-order valence-corrected chi connectivity index (χ0v) is 17.0. The van der Waals surface area contributed by atoms with Crippen LogP contribution < -0.4 is 5.32 Å². The average Bonchev–Trinajstić information content (AvgIpc) is 3.37. The third-order valence-electron chi connectivity index (χ3n) is 6.24. The van der Waals surface area contributed by atoms with Gasteiger partial charge in [0.1, 0.15) is 5.52 Å². The molecule has 5 rings (SSSR count). The Morgan fingerprint density at radius 1 is 1.03 bits per heavy atom. The molecule has 30 heavy (non-hydrogen) atoms. The maximum atomic E-state index is 13.0. The van der Waals surface area contributed by atoms with Crippen LogP contribution in [0.15, 0.2) is 52.9 Å². The Kier molecular flexibility index (Phi) is 4.77. The lowest BCUT2D eigenvalue weighted by Crippen LogP contribution is -2.38. The second-order valence-corrected chi connectivity index (χ2v) is 8.43. The van der Waals surface area contributed by atoms with Crippen LogP contribution in [-0.2, 0) is 4.79 Å². The van der Waals surface area contributed by atoms with Gasteiger partial charge in [0.2, 0.25) is 11.8 Å². The number of carbonyl (C=O) groups is 2. The summed E-state index contributed by atoms with van der Waals surface area (Å²) < 4.78 is 5.81. The Labute approximate surface area is 175 Å². The number of nitrogens with zero attached hydrogens (tertiary/aromatic N) is 2. The van der Waals surface area contributed by atoms with E-state index in [-0.39, 0.29) is 29.8 Å². The summed E-state index contributed by atoms with van der Waals surface area (Å²) in [6.07, 6.45) is 4.69. The van der Waals surface area contributed by atoms with Gasteiger partial charge >= 0.3 is 0 Å². The van der Waals surface area contributed by atoms with E-state index in [1.54, 1.807) is 0 Å². The molecule has 2 aromatic carbocycles. The van der Waals surface area contributed by atoms with Crippen LogP contribution in [0.1, 0.15) is 42.5 Å². The van der Waals surface area contributed by atoms with Crippen molar-refractivity contribution < 1.29 is 14.0 Å². The Bertz CT molecular complexity index is 1050. The first-order valence-electron chi connectivity index (χ1n) is 10.6. The van der Waals surface area contributed by atoms with E-state index in [0.717, 1.165) is 48.8 Å². The summed E-state index contributed by atoms with van der Waals surface area (Å²) in [5.41, 5.74) is 3.05. The maximum absolute atomic E-state index is 13.0. The molecule has 2 aliphatic rings. The first kappa shape index (κ1) is 18.9. The van der Waals surface area contributed by atoms with Crippen LogP contribution in [-0.4, -0.2) is 40.8 Å². The highest BCUT2D eigenvalue weighted by molar-refractivity contribution is 5.94. The summed E-state index contributed by atoms with van der Waals surface area (Å²) in [7, 11) is 1.85. The van der Waals surface area contributed by atoms with Crippen molar-refractivity contribution in [3.8, 4) is 11.5 Å². The molecular formula is C24H25N3O3. The lowest BCUT2D eigenvalue weighted by Gasteiger charge is -2.25. The van der Waals surface area contributed by atoms with Gasteiger partial charge in [-0.2, -0.15) is 0 Å². The number of rotatable bonds is 5. The molecule has 0 bridgehead atoms. The monoisotopic (exact) mass is 403 g/mol. The largest absolute Gasteiger partial charge is 0.436 e. The number of aromatic nitrogens is 1. The van der Waals surface area contributed by atoms with Gasteiger partial charge < -0.3 is 14.6 Å². The van der Waals surface area contributed by atoms with Crippen LogP contribution in [0.2, 0.25) is 0 Å². The topological polar surface area (TPSA) is 75.4 Å². The molecule has 2 fully saturated rings. The highest BCUT2D eigenvalue weighted by Crippen LogP contribution is 2.31. The van der Waals surface area contributed by atoms with Crippen molar-refractivity contribution in [2.24, 2.45) is 5.92 Å². The fourth-order valence-corrected chi connectivity index (χ4v) is 4.23. The molecule has 2 saturated carbocycles. The fraction of sp³-hybridized carbons (Fsp3) is 0.375. The Hall–Kier alpha value is -3.15. The lowest BCUT2D eigenvalue weighted by atomic mass is 10.1. The van der Waals surface area contributed by atoms with E-state index in [2.05, 4.69) is 10.3 Å². The van der Waals surface area contributed by atoms with Gasteiger partial charge in [-0.25, -0.2) is 4.98 Å². The number of amides is 2. The fourth-order valence-electron chi connectivity index (χ4n) is 4.23. The highest BCUT2D eigenvalue weighted by atomic mass is 16.3. The number of para-hydroxylation sites is 2. The van der Waals surface area contributed by atoms with Gasteiger partial charge in [0.25, 0.3) is 5.91 Å². The number of oxazole rings is 1. The summed E-state index contributed by atoms with van der Waals surface area (Å²) in [4.78, 5) is 31.3. The number of hydrogen-bond donors (Lipinski definition) is 1. The summed E-state index contributed by atoms with van der Waals surface area (Å²) in [6, 6.07) is 15.4. The first-order chi connectivity index (χ1) is 14.6. The van der Waals surface area contributed by atoms with E-state index >= 15 is 0 Å². The summed E-state index contributed by atoms with van der Waals surface area (Å²) in [6.45, 7) is 0. The highest BCUT2D eigenvalue weighted by Gasteiger charge is 2.35. The van der Waals surface area contributed by atoms with E-state index in [1.807, 2.05) is 60.5 Å². The second-order valence-electron chi connectivity index (χ2n) is 8.43. The van der Waals surface area contributed by atoms with Gasteiger partial charge in [0.05, 0.1) is 0 Å². The van der Waals surface area contributed by atoms with Gasteiger partial charge in [-0.3, -0.25) is 9.59 Å². The van der Waals surface area contributed by atoms with E-state index in [4.69, 9.17) is 4.42 Å². The molecule has 0 saturated heterocycles. The van der Waals surface area contributed by atoms with Gasteiger partial charge in [-0.1, -0.05) is 12.1 Å². The molecule has 154 valence electrons. The zero-order chi connectivity index (χ0) is 20.7. The van der Waals surface area contributed by atoms with Crippen molar-refractivity contribution in [2.75, 3.05) is 7.05 Å². The average molecular weight is 403 g/mol. The smallest absolute Gasteiger partial charge is 0.253 e. The Balaban J connectivity index is 1.24. The number of benzene rings is 2. The van der Waals surface area contributed by atoms with Gasteiger partial charge in [-0.15, -0.1) is 0 Å². The van der Waals surface area contributed by atoms with Crippen LogP contribution in [0.5, 0.6) is 0 Å². The van der Waals surface area contributed by atoms with Crippen LogP contribution in [0.4, 0.5) is 0 Å². The molecule has 2 unspecified atom stereocenters. The van der Waals surface area contributed by atoms with Gasteiger partial charge in [-0.05, 0) is 68.5 Å². The molecule has 2 aliphatic carbocycles. The van der Waals surface area contributed by atoms with Crippen LogP contribution in [0.25, 0.3) is 22.6 Å². The normalized spacial score (nSPS) is 21.0. The van der Waals surface area contributed by atoms with Crippen molar-refractivity contribution in [3.05, 3.63) is 54.1 Å². The third kappa shape index (κ3) is 3.70. The van der Waals surface area contributed by atoms with E-state index in [0.29, 0.717) is 11.5 Å². The number of carbonyl (C=O) groups excluding carboxylic acids is 2. The zero-order valence-electron chi connectivity index (χ0n) is 17.0. The van der Waals surface area contributed by atoms with E-state index in [1.165, 1.54) is 0 Å². The quantitative estimate of drug-likeness (QED) is 0.698. The molecule has 6 nitrogen and oxygen atoms in total. The molecule has 2 amide bonds. The van der Waals surface area contributed by atoms with E-state index < -0.39 is 0 Å². The molecular weight excluding hydrogens is 378 g/mol. The predicted octanol–water partition coefficient (Wildman–Crippen LogP) is 4.01. The van der Waals surface area contributed by atoms with Gasteiger partial charge in [0.15, 0.2) is 5.58 Å². The van der Waals surface area contributed by atoms with Crippen molar-refractivity contribution in [1.82, 2.24) is 15.2 Å². The minimum atomic E-state index is -0.00159. The van der Waals surface area contributed by atoms with Gasteiger partial charge in [0, 0.05) is 36.2 Å². The van der Waals surface area contributed by atoms with E-state index in [9.17, 15) is 9.59 Å². The molecule has 3 aromatic rings. The molecule has 0 spiro atoms. The predicted molar refractivity (Wildman–Crippen MR) is 114 cm³/mol. The molecule has 1 aromatic heterocycles. The number of fused-ring (bicyclic) bond motifs is 1. The van der Waals surface area contributed by atoms with Crippen LogP contribution in [0.3, 0.4) is 0 Å². The molecule has 0 aliphatic heterocycles. The molecule has 1 heterocycles. The maximum Gasteiger partial charge on any atom is 0.253 e. The molecule has 6 heteroatoms. The summed E-state index contributed by atoms with van der Waals surface area (Å²) in [5, 5.41) is 3.15. The van der Waals surface area contributed by atoms with Crippen molar-refractivity contribution in [1.29, 1.82) is 0 Å². The first-order valence-corrected chi connectivity index (χ1v) is 10.6. The summed E-state index contributed by atoms with van der Waals surface area (Å²) >= 11 is 0. The molecule has 2 atom stereocenters. The standard InChI is InChI=1S/C24H25N3O3/c1-27(19-13-12-18(14-19)25-22(28)15-6-7-15)24(29)17-10-8-16(9-11-17)23-26-20-4-2-3-5-21(20)30-23/h2-5,8-11,15,18-19H,6-7,12-14H2,1H3,(H,25,28). The minimum absolute atomic E-state index is 0.00159. The molecule has 0 radical (unpaired) electrons. The molecule has 1 N–H and O–H groups in total. The van der Waals surface area contributed by atoms with Crippen LogP contribution in [0, 0.1) is 5.92 Å². The van der Waals surface area contributed by atoms with Crippen molar-refractivity contribution in [3.63, 3.8) is 0 Å². The minimum Gasteiger partial charge on any atom is -0.436 e. The Morgan fingerprint density at radius 2 is 1.80 bits per heavy atom. The summed E-state index contributed by atoms with van der Waals surface area (Å²) in [5.74, 6) is 0.958. The van der Waals surface area contributed by atoms with Crippen molar-refractivity contribution in [2.45, 2.75) is 44.2 Å². The SMILES string of the molecule is CN(C(=O)c1ccc(-c2nc3ccccc3o2)cc1)C1CCC(NC(=O)C2CC2)C1.